The fraction of sp³-hybridized carbons (Fsp3) is 0.533. The number of hydrogen-bond donors (Lipinski definition) is 2. The van der Waals surface area contributed by atoms with Gasteiger partial charge < -0.3 is 15.4 Å². The lowest BCUT2D eigenvalue weighted by Gasteiger charge is -2.18. The SMILES string of the molecule is CN=C(NCCOCCS(C)(=O)=O)NC(C)c1ccc(F)c(F)c1. The van der Waals surface area contributed by atoms with Crippen LogP contribution in [0.25, 0.3) is 0 Å². The van der Waals surface area contributed by atoms with Crippen LogP contribution in [0.5, 0.6) is 0 Å². The molecule has 2 N–H and O–H groups in total. The molecule has 136 valence electrons. The van der Waals surface area contributed by atoms with Crippen molar-refractivity contribution in [3.63, 3.8) is 0 Å². The lowest BCUT2D eigenvalue weighted by molar-refractivity contribution is 0.154. The van der Waals surface area contributed by atoms with Crippen molar-refractivity contribution in [3.8, 4) is 0 Å². The first-order valence-corrected chi connectivity index (χ1v) is 9.46. The van der Waals surface area contributed by atoms with Crippen molar-refractivity contribution in [1.82, 2.24) is 10.6 Å². The molecule has 0 aliphatic rings. The van der Waals surface area contributed by atoms with Crippen LogP contribution in [0.4, 0.5) is 8.78 Å². The van der Waals surface area contributed by atoms with Gasteiger partial charge in [0.2, 0.25) is 0 Å². The molecule has 0 saturated carbocycles. The van der Waals surface area contributed by atoms with Crippen molar-refractivity contribution in [2.24, 2.45) is 4.99 Å². The second kappa shape index (κ2) is 9.53. The first-order valence-electron chi connectivity index (χ1n) is 7.40. The monoisotopic (exact) mass is 363 g/mol. The predicted octanol–water partition coefficient (Wildman–Crippen LogP) is 1.25. The molecule has 0 amide bonds. The molecule has 0 bridgehead atoms. The number of nitrogens with one attached hydrogen (secondary N) is 2. The maximum atomic E-state index is 13.3. The van der Waals surface area contributed by atoms with Crippen LogP contribution < -0.4 is 10.6 Å². The van der Waals surface area contributed by atoms with Gasteiger partial charge in [-0.1, -0.05) is 6.07 Å². The van der Waals surface area contributed by atoms with Gasteiger partial charge in [-0.15, -0.1) is 0 Å². The average molecular weight is 363 g/mol. The third kappa shape index (κ3) is 7.69. The van der Waals surface area contributed by atoms with Gasteiger partial charge in [-0.05, 0) is 24.6 Å². The number of nitrogens with zero attached hydrogens (tertiary/aromatic N) is 1. The van der Waals surface area contributed by atoms with E-state index in [9.17, 15) is 17.2 Å². The van der Waals surface area contributed by atoms with Crippen LogP contribution in [0.1, 0.15) is 18.5 Å². The third-order valence-electron chi connectivity index (χ3n) is 3.16. The van der Waals surface area contributed by atoms with E-state index < -0.39 is 21.5 Å². The first kappa shape index (κ1) is 20.3. The van der Waals surface area contributed by atoms with Gasteiger partial charge in [0.25, 0.3) is 0 Å². The van der Waals surface area contributed by atoms with Gasteiger partial charge in [0, 0.05) is 19.8 Å². The third-order valence-corrected chi connectivity index (χ3v) is 4.07. The van der Waals surface area contributed by atoms with Crippen LogP contribution in [0.3, 0.4) is 0 Å². The standard InChI is InChI=1S/C15H23F2N3O3S/c1-11(12-4-5-13(16)14(17)10-12)20-15(18-2)19-6-7-23-8-9-24(3,21)22/h4-5,10-11H,6-9H2,1-3H3,(H2,18,19,20). The highest BCUT2D eigenvalue weighted by atomic mass is 32.2. The Morgan fingerprint density at radius 3 is 2.58 bits per heavy atom. The Labute approximate surface area is 141 Å². The van der Waals surface area contributed by atoms with E-state index in [4.69, 9.17) is 4.74 Å². The summed E-state index contributed by atoms with van der Waals surface area (Å²) in [6.07, 6.45) is 1.15. The van der Waals surface area contributed by atoms with Gasteiger partial charge in [-0.25, -0.2) is 17.2 Å². The smallest absolute Gasteiger partial charge is 0.191 e. The number of halogens is 2. The Hall–Kier alpha value is -1.74. The number of ether oxygens (including phenoxy) is 1. The minimum absolute atomic E-state index is 0.0207. The van der Waals surface area contributed by atoms with Crippen molar-refractivity contribution in [3.05, 3.63) is 35.4 Å². The summed E-state index contributed by atoms with van der Waals surface area (Å²) in [5.74, 6) is -1.34. The summed E-state index contributed by atoms with van der Waals surface area (Å²) in [6, 6.07) is 3.43. The van der Waals surface area contributed by atoms with Crippen molar-refractivity contribution in [1.29, 1.82) is 0 Å². The number of sulfone groups is 1. The second-order valence-electron chi connectivity index (χ2n) is 5.28. The number of aliphatic imine (C=N–C) groups is 1. The molecule has 0 fully saturated rings. The van der Waals surface area contributed by atoms with Crippen LogP contribution in [0, 0.1) is 11.6 Å². The fourth-order valence-corrected chi connectivity index (χ4v) is 2.24. The predicted molar refractivity (Wildman–Crippen MR) is 89.8 cm³/mol. The maximum Gasteiger partial charge on any atom is 0.191 e. The quantitative estimate of drug-likeness (QED) is 0.413. The van der Waals surface area contributed by atoms with E-state index in [1.54, 1.807) is 14.0 Å². The van der Waals surface area contributed by atoms with E-state index in [1.807, 2.05) is 0 Å². The molecule has 0 heterocycles. The molecule has 0 aliphatic heterocycles. The van der Waals surface area contributed by atoms with E-state index in [2.05, 4.69) is 15.6 Å². The van der Waals surface area contributed by atoms with Gasteiger partial charge in [-0.2, -0.15) is 0 Å². The van der Waals surface area contributed by atoms with Crippen molar-refractivity contribution in [2.45, 2.75) is 13.0 Å². The topological polar surface area (TPSA) is 79.8 Å². The molecular formula is C15H23F2N3O3S. The maximum absolute atomic E-state index is 13.3. The first-order chi connectivity index (χ1) is 11.2. The average Bonchev–Trinajstić information content (AvgIpc) is 2.50. The summed E-state index contributed by atoms with van der Waals surface area (Å²) < 4.78 is 53.3. The normalized spacial score (nSPS) is 13.6. The highest BCUT2D eigenvalue weighted by Gasteiger charge is 2.10. The van der Waals surface area contributed by atoms with Crippen LogP contribution in [0.2, 0.25) is 0 Å². The Kier molecular flexibility index (Phi) is 8.06. The number of guanidine groups is 1. The van der Waals surface area contributed by atoms with Gasteiger partial charge in [-0.3, -0.25) is 4.99 Å². The Morgan fingerprint density at radius 1 is 1.29 bits per heavy atom. The van der Waals surface area contributed by atoms with Crippen molar-refractivity contribution >= 4 is 15.8 Å². The largest absolute Gasteiger partial charge is 0.379 e. The summed E-state index contributed by atoms with van der Waals surface area (Å²) >= 11 is 0. The van der Waals surface area contributed by atoms with E-state index in [0.717, 1.165) is 18.4 Å². The molecule has 0 radical (unpaired) electrons. The molecule has 9 heteroatoms. The number of benzene rings is 1. The van der Waals surface area contributed by atoms with E-state index in [0.29, 0.717) is 24.7 Å². The fourth-order valence-electron chi connectivity index (χ4n) is 1.82. The van der Waals surface area contributed by atoms with Gasteiger partial charge in [0.15, 0.2) is 17.6 Å². The summed E-state index contributed by atoms with van der Waals surface area (Å²) in [5.41, 5.74) is 0.584. The van der Waals surface area contributed by atoms with Crippen LogP contribution >= 0.6 is 0 Å². The van der Waals surface area contributed by atoms with Gasteiger partial charge in [0.05, 0.1) is 25.0 Å². The molecule has 1 aromatic carbocycles. The Morgan fingerprint density at radius 2 is 2.00 bits per heavy atom. The molecule has 1 aromatic rings. The molecule has 0 aliphatic carbocycles. The lowest BCUT2D eigenvalue weighted by Crippen LogP contribution is -2.40. The lowest BCUT2D eigenvalue weighted by atomic mass is 10.1. The van der Waals surface area contributed by atoms with E-state index in [1.165, 1.54) is 6.07 Å². The molecule has 24 heavy (non-hydrogen) atoms. The molecular weight excluding hydrogens is 340 g/mol. The van der Waals surface area contributed by atoms with Crippen LogP contribution in [-0.2, 0) is 14.6 Å². The summed E-state index contributed by atoms with van der Waals surface area (Å²) in [7, 11) is -1.44. The molecule has 0 spiro atoms. The molecule has 1 atom stereocenters. The number of rotatable bonds is 8. The Bertz CT molecular complexity index is 666. The zero-order valence-electron chi connectivity index (χ0n) is 14.0. The summed E-state index contributed by atoms with van der Waals surface area (Å²) in [6.45, 7) is 2.67. The minimum atomic E-state index is -3.02. The molecule has 0 aromatic heterocycles. The van der Waals surface area contributed by atoms with Crippen LogP contribution in [0.15, 0.2) is 23.2 Å². The highest BCUT2D eigenvalue weighted by Crippen LogP contribution is 2.15. The zero-order chi connectivity index (χ0) is 18.2. The van der Waals surface area contributed by atoms with Crippen LogP contribution in [-0.4, -0.2) is 53.2 Å². The second-order valence-corrected chi connectivity index (χ2v) is 7.54. The van der Waals surface area contributed by atoms with E-state index in [-0.39, 0.29) is 18.4 Å². The zero-order valence-corrected chi connectivity index (χ0v) is 14.8. The minimum Gasteiger partial charge on any atom is -0.379 e. The van der Waals surface area contributed by atoms with Crippen molar-refractivity contribution < 1.29 is 21.9 Å². The summed E-state index contributed by atoms with van der Waals surface area (Å²) in [5, 5.41) is 6.03. The molecule has 1 unspecified atom stereocenters. The molecule has 1 rings (SSSR count). The number of hydrogen-bond acceptors (Lipinski definition) is 4. The molecule has 6 nitrogen and oxygen atoms in total. The van der Waals surface area contributed by atoms with Crippen molar-refractivity contribution in [2.75, 3.05) is 38.8 Å². The Balaban J connectivity index is 2.38. The van der Waals surface area contributed by atoms with E-state index >= 15 is 0 Å². The van der Waals surface area contributed by atoms with Gasteiger partial charge in [0.1, 0.15) is 9.84 Å². The molecule has 0 saturated heterocycles. The summed E-state index contributed by atoms with van der Waals surface area (Å²) in [4.78, 5) is 4.03. The highest BCUT2D eigenvalue weighted by molar-refractivity contribution is 7.90. The van der Waals surface area contributed by atoms with Gasteiger partial charge >= 0.3 is 0 Å².